The molecule has 8 heteroatoms. The van der Waals surface area contributed by atoms with Gasteiger partial charge in [-0.25, -0.2) is 14.4 Å². The van der Waals surface area contributed by atoms with Crippen LogP contribution >= 0.6 is 0 Å². The predicted molar refractivity (Wildman–Crippen MR) is 136 cm³/mol. The second-order valence-electron chi connectivity index (χ2n) is 7.82. The van der Waals surface area contributed by atoms with E-state index in [9.17, 15) is 14.4 Å². The van der Waals surface area contributed by atoms with Crippen LogP contribution in [0.4, 0.5) is 21.0 Å². The Balaban J connectivity index is 1.80. The Hall–Kier alpha value is -4.59. The molecule has 0 fully saturated rings. The molecule has 0 aromatic heterocycles. The van der Waals surface area contributed by atoms with Crippen LogP contribution in [0.3, 0.4) is 0 Å². The maximum atomic E-state index is 12.8. The van der Waals surface area contributed by atoms with Crippen LogP contribution in [-0.2, 0) is 9.53 Å². The SMILES string of the molecule is C=C(C)C(=O)OC(C)NC(=O)Nc1ccccc1C(NC(=O)Nc1ccccc1)c1ccccc1. The summed E-state index contributed by atoms with van der Waals surface area (Å²) >= 11 is 0. The highest BCUT2D eigenvalue weighted by Gasteiger charge is 2.21. The van der Waals surface area contributed by atoms with Crippen molar-refractivity contribution in [3.63, 3.8) is 0 Å². The van der Waals surface area contributed by atoms with Gasteiger partial charge < -0.3 is 26.0 Å². The zero-order valence-electron chi connectivity index (χ0n) is 19.6. The molecule has 3 rings (SSSR count). The van der Waals surface area contributed by atoms with Crippen LogP contribution < -0.4 is 21.3 Å². The Morgan fingerprint density at radius 1 is 0.771 bits per heavy atom. The summed E-state index contributed by atoms with van der Waals surface area (Å²) in [6.45, 7) is 6.58. The van der Waals surface area contributed by atoms with E-state index >= 15 is 0 Å². The molecule has 0 aliphatic carbocycles. The summed E-state index contributed by atoms with van der Waals surface area (Å²) in [5.41, 5.74) is 2.87. The molecule has 0 bridgehead atoms. The number of amides is 4. The quantitative estimate of drug-likeness (QED) is 0.206. The van der Waals surface area contributed by atoms with Gasteiger partial charge in [-0.2, -0.15) is 0 Å². The largest absolute Gasteiger partial charge is 0.439 e. The number of rotatable bonds is 8. The molecule has 3 aromatic carbocycles. The van der Waals surface area contributed by atoms with Crippen LogP contribution in [0, 0.1) is 0 Å². The summed E-state index contributed by atoms with van der Waals surface area (Å²) in [5.74, 6) is -0.601. The summed E-state index contributed by atoms with van der Waals surface area (Å²) in [4.78, 5) is 37.1. The number of nitrogens with one attached hydrogen (secondary N) is 4. The number of para-hydroxylation sites is 2. The van der Waals surface area contributed by atoms with Gasteiger partial charge in [0.1, 0.15) is 0 Å². The molecule has 0 aliphatic rings. The maximum Gasteiger partial charge on any atom is 0.335 e. The van der Waals surface area contributed by atoms with Gasteiger partial charge in [0.15, 0.2) is 6.23 Å². The van der Waals surface area contributed by atoms with Crippen LogP contribution in [0.25, 0.3) is 0 Å². The van der Waals surface area contributed by atoms with Crippen molar-refractivity contribution in [3.8, 4) is 0 Å². The number of esters is 1. The lowest BCUT2D eigenvalue weighted by molar-refractivity contribution is -0.144. The van der Waals surface area contributed by atoms with E-state index in [0.29, 0.717) is 16.9 Å². The molecule has 4 N–H and O–H groups in total. The number of carbonyl (C=O) groups is 3. The van der Waals surface area contributed by atoms with E-state index in [1.807, 2.05) is 60.7 Å². The maximum absolute atomic E-state index is 12.8. The van der Waals surface area contributed by atoms with Crippen molar-refractivity contribution in [3.05, 3.63) is 108 Å². The molecule has 4 amide bonds. The minimum absolute atomic E-state index is 0.231. The van der Waals surface area contributed by atoms with Gasteiger partial charge in [0, 0.05) is 22.5 Å². The molecule has 2 atom stereocenters. The third kappa shape index (κ3) is 7.46. The predicted octanol–water partition coefficient (Wildman–Crippen LogP) is 5.18. The van der Waals surface area contributed by atoms with Crippen molar-refractivity contribution < 1.29 is 19.1 Å². The molecule has 180 valence electrons. The number of ether oxygens (including phenoxy) is 1. The molecule has 0 aliphatic heterocycles. The van der Waals surface area contributed by atoms with Crippen molar-refractivity contribution in [2.75, 3.05) is 10.6 Å². The molecule has 0 heterocycles. The first-order valence-electron chi connectivity index (χ1n) is 11.0. The third-order valence-corrected chi connectivity index (χ3v) is 4.93. The van der Waals surface area contributed by atoms with E-state index in [1.165, 1.54) is 13.8 Å². The monoisotopic (exact) mass is 472 g/mol. The fourth-order valence-corrected chi connectivity index (χ4v) is 3.30. The van der Waals surface area contributed by atoms with Gasteiger partial charge in [-0.15, -0.1) is 0 Å². The smallest absolute Gasteiger partial charge is 0.335 e. The Morgan fingerprint density at radius 2 is 1.34 bits per heavy atom. The zero-order valence-corrected chi connectivity index (χ0v) is 19.6. The Kier molecular flexibility index (Phi) is 8.61. The van der Waals surface area contributed by atoms with Crippen molar-refractivity contribution in [1.29, 1.82) is 0 Å². The summed E-state index contributed by atoms with van der Waals surface area (Å²) < 4.78 is 5.10. The summed E-state index contributed by atoms with van der Waals surface area (Å²) in [6.07, 6.45) is -0.869. The van der Waals surface area contributed by atoms with Crippen LogP contribution in [-0.4, -0.2) is 24.3 Å². The number of hydrogen-bond donors (Lipinski definition) is 4. The highest BCUT2D eigenvalue weighted by molar-refractivity contribution is 5.92. The van der Waals surface area contributed by atoms with Crippen LogP contribution in [0.1, 0.15) is 31.0 Å². The number of benzene rings is 3. The van der Waals surface area contributed by atoms with Crippen LogP contribution in [0.15, 0.2) is 97.1 Å². The first kappa shape index (κ1) is 25.0. The van der Waals surface area contributed by atoms with E-state index in [1.54, 1.807) is 24.3 Å². The molecular weight excluding hydrogens is 444 g/mol. The van der Waals surface area contributed by atoms with Crippen molar-refractivity contribution >= 4 is 29.4 Å². The fourth-order valence-electron chi connectivity index (χ4n) is 3.30. The van der Waals surface area contributed by atoms with Crippen molar-refractivity contribution in [2.24, 2.45) is 0 Å². The zero-order chi connectivity index (χ0) is 25.2. The summed E-state index contributed by atoms with van der Waals surface area (Å²) in [5, 5.41) is 11.2. The fraction of sp³-hybridized carbons (Fsp3) is 0.148. The van der Waals surface area contributed by atoms with Gasteiger partial charge in [0.2, 0.25) is 0 Å². The second kappa shape index (κ2) is 12.0. The summed E-state index contributed by atoms with van der Waals surface area (Å²) in [6, 6.07) is 24.1. The highest BCUT2D eigenvalue weighted by Crippen LogP contribution is 2.28. The first-order chi connectivity index (χ1) is 16.8. The normalized spacial score (nSPS) is 11.9. The number of urea groups is 2. The lowest BCUT2D eigenvalue weighted by Crippen LogP contribution is -2.39. The Labute approximate surface area is 204 Å². The van der Waals surface area contributed by atoms with Gasteiger partial charge in [-0.3, -0.25) is 0 Å². The average Bonchev–Trinajstić information content (AvgIpc) is 2.84. The molecule has 0 spiro atoms. The first-order valence-corrected chi connectivity index (χ1v) is 11.0. The molecule has 2 unspecified atom stereocenters. The molecule has 3 aromatic rings. The number of hydrogen-bond acceptors (Lipinski definition) is 4. The molecular formula is C27H28N4O4. The lowest BCUT2D eigenvalue weighted by atomic mass is 9.97. The van der Waals surface area contributed by atoms with Gasteiger partial charge in [-0.05, 0) is 37.6 Å². The van der Waals surface area contributed by atoms with Crippen LogP contribution in [0.5, 0.6) is 0 Å². The van der Waals surface area contributed by atoms with Gasteiger partial charge in [-0.1, -0.05) is 73.3 Å². The number of anilines is 2. The summed E-state index contributed by atoms with van der Waals surface area (Å²) in [7, 11) is 0. The standard InChI is InChI=1S/C27H28N4O4/c1-18(2)25(32)35-19(3)28-26(33)30-23-17-11-10-16-22(23)24(20-12-6-4-7-13-20)31-27(34)29-21-14-8-5-9-15-21/h4-17,19,24H,1H2,2-3H3,(H2,28,30,33)(H2,29,31,34). The van der Waals surface area contributed by atoms with E-state index in [4.69, 9.17) is 4.74 Å². The van der Waals surface area contributed by atoms with E-state index < -0.39 is 30.3 Å². The van der Waals surface area contributed by atoms with Crippen LogP contribution in [0.2, 0.25) is 0 Å². The third-order valence-electron chi connectivity index (χ3n) is 4.93. The number of carbonyl (C=O) groups excluding carboxylic acids is 3. The van der Waals surface area contributed by atoms with Crippen molar-refractivity contribution in [1.82, 2.24) is 10.6 Å². The minimum atomic E-state index is -0.869. The van der Waals surface area contributed by atoms with E-state index in [2.05, 4.69) is 27.8 Å². The highest BCUT2D eigenvalue weighted by atomic mass is 16.6. The van der Waals surface area contributed by atoms with Gasteiger partial charge in [0.05, 0.1) is 6.04 Å². The molecule has 8 nitrogen and oxygen atoms in total. The topological polar surface area (TPSA) is 109 Å². The Morgan fingerprint density at radius 3 is 2.00 bits per heavy atom. The van der Waals surface area contributed by atoms with Crippen molar-refractivity contribution in [2.45, 2.75) is 26.1 Å². The lowest BCUT2D eigenvalue weighted by Gasteiger charge is -2.23. The molecule has 0 radical (unpaired) electrons. The van der Waals surface area contributed by atoms with Gasteiger partial charge >= 0.3 is 18.0 Å². The molecule has 0 saturated carbocycles. The molecule has 35 heavy (non-hydrogen) atoms. The minimum Gasteiger partial charge on any atom is -0.439 e. The second-order valence-corrected chi connectivity index (χ2v) is 7.82. The Bertz CT molecular complexity index is 1180. The van der Waals surface area contributed by atoms with Gasteiger partial charge in [0.25, 0.3) is 0 Å². The molecule has 0 saturated heterocycles. The van der Waals surface area contributed by atoms with E-state index in [-0.39, 0.29) is 5.57 Å². The average molecular weight is 473 g/mol. The van der Waals surface area contributed by atoms with E-state index in [0.717, 1.165) is 5.56 Å².